The van der Waals surface area contributed by atoms with E-state index in [0.717, 1.165) is 24.5 Å². The van der Waals surface area contributed by atoms with Crippen molar-refractivity contribution in [2.45, 2.75) is 18.9 Å². The van der Waals surface area contributed by atoms with Gasteiger partial charge in [0, 0.05) is 41.3 Å². The third kappa shape index (κ3) is 3.36. The summed E-state index contributed by atoms with van der Waals surface area (Å²) in [5.41, 5.74) is 0.598. The average molecular weight is 322 g/mol. The molecule has 1 N–H and O–H groups in total. The number of thiazole rings is 1. The predicted molar refractivity (Wildman–Crippen MR) is 86.3 cm³/mol. The Hall–Kier alpha value is -1.59. The summed E-state index contributed by atoms with van der Waals surface area (Å²) in [5.74, 6) is -0.0801. The lowest BCUT2D eigenvalue weighted by molar-refractivity contribution is 0.0951. The van der Waals surface area contributed by atoms with Crippen LogP contribution in [-0.2, 0) is 0 Å². The monoisotopic (exact) mass is 321 g/mol. The molecule has 2 heterocycles. The van der Waals surface area contributed by atoms with Gasteiger partial charge in [0.15, 0.2) is 5.13 Å². The first kappa shape index (κ1) is 14.4. The number of hydrogen-bond acceptors (Lipinski definition) is 4. The van der Waals surface area contributed by atoms with Gasteiger partial charge in [-0.1, -0.05) is 17.7 Å². The Bertz CT molecular complexity index is 617. The van der Waals surface area contributed by atoms with Crippen LogP contribution in [0.15, 0.2) is 35.8 Å². The van der Waals surface area contributed by atoms with Gasteiger partial charge in [0.1, 0.15) is 0 Å². The van der Waals surface area contributed by atoms with Crippen LogP contribution >= 0.6 is 22.9 Å². The second kappa shape index (κ2) is 6.45. The van der Waals surface area contributed by atoms with Gasteiger partial charge in [-0.05, 0) is 31.0 Å². The number of carbonyl (C=O) groups excluding carboxylic acids is 1. The van der Waals surface area contributed by atoms with Gasteiger partial charge in [-0.25, -0.2) is 4.98 Å². The van der Waals surface area contributed by atoms with Crippen LogP contribution < -0.4 is 10.2 Å². The molecule has 1 aliphatic heterocycles. The van der Waals surface area contributed by atoms with E-state index in [9.17, 15) is 4.79 Å². The number of nitrogens with zero attached hydrogens (tertiary/aromatic N) is 2. The minimum absolute atomic E-state index is 0.0801. The Morgan fingerprint density at radius 3 is 3.19 bits per heavy atom. The number of nitrogens with one attached hydrogen (secondary N) is 1. The maximum Gasteiger partial charge on any atom is 0.251 e. The normalized spacial score (nSPS) is 18.0. The number of anilines is 1. The second-order valence-corrected chi connectivity index (χ2v) is 6.33. The summed E-state index contributed by atoms with van der Waals surface area (Å²) in [5, 5.41) is 6.59. The molecule has 110 valence electrons. The Morgan fingerprint density at radius 2 is 2.43 bits per heavy atom. The van der Waals surface area contributed by atoms with E-state index in [4.69, 9.17) is 11.6 Å². The van der Waals surface area contributed by atoms with E-state index in [1.807, 2.05) is 11.6 Å². The molecule has 0 spiro atoms. The Balaban J connectivity index is 1.61. The molecule has 1 saturated heterocycles. The number of halogens is 1. The zero-order valence-electron chi connectivity index (χ0n) is 11.5. The molecule has 1 aromatic heterocycles. The van der Waals surface area contributed by atoms with E-state index in [1.54, 1.807) is 35.6 Å². The van der Waals surface area contributed by atoms with Crippen molar-refractivity contribution in [2.75, 3.05) is 18.0 Å². The van der Waals surface area contributed by atoms with Crippen LogP contribution in [0.2, 0.25) is 5.02 Å². The lowest BCUT2D eigenvalue weighted by atomic mass is 10.2. The van der Waals surface area contributed by atoms with E-state index >= 15 is 0 Å². The number of rotatable bonds is 4. The van der Waals surface area contributed by atoms with Gasteiger partial charge in [0.05, 0.1) is 0 Å². The summed E-state index contributed by atoms with van der Waals surface area (Å²) >= 11 is 7.55. The van der Waals surface area contributed by atoms with E-state index in [2.05, 4.69) is 15.2 Å². The molecule has 0 unspecified atom stereocenters. The summed E-state index contributed by atoms with van der Waals surface area (Å²) in [6.07, 6.45) is 4.03. The van der Waals surface area contributed by atoms with Crippen LogP contribution in [0.4, 0.5) is 5.13 Å². The second-order valence-electron chi connectivity index (χ2n) is 5.02. The first-order valence-electron chi connectivity index (χ1n) is 6.94. The van der Waals surface area contributed by atoms with Crippen molar-refractivity contribution in [1.29, 1.82) is 0 Å². The fraction of sp³-hybridized carbons (Fsp3) is 0.333. The first-order chi connectivity index (χ1) is 10.2. The van der Waals surface area contributed by atoms with Crippen molar-refractivity contribution in [2.24, 2.45) is 0 Å². The average Bonchev–Trinajstić information content (AvgIpc) is 3.15. The molecule has 0 saturated carbocycles. The summed E-state index contributed by atoms with van der Waals surface area (Å²) in [6.45, 7) is 1.64. The minimum Gasteiger partial charge on any atom is -0.350 e. The van der Waals surface area contributed by atoms with Crippen molar-refractivity contribution in [3.63, 3.8) is 0 Å². The first-order valence-corrected chi connectivity index (χ1v) is 8.20. The summed E-state index contributed by atoms with van der Waals surface area (Å²) in [6, 6.07) is 7.33. The van der Waals surface area contributed by atoms with Crippen LogP contribution in [0.1, 0.15) is 23.2 Å². The molecule has 6 heteroatoms. The van der Waals surface area contributed by atoms with Gasteiger partial charge in [0.2, 0.25) is 0 Å². The lowest BCUT2D eigenvalue weighted by Gasteiger charge is -2.24. The molecule has 1 amide bonds. The molecule has 0 aliphatic carbocycles. The molecule has 2 aromatic rings. The third-order valence-corrected chi connectivity index (χ3v) is 4.67. The van der Waals surface area contributed by atoms with E-state index in [0.29, 0.717) is 23.2 Å². The largest absolute Gasteiger partial charge is 0.350 e. The van der Waals surface area contributed by atoms with Crippen molar-refractivity contribution >= 4 is 34.0 Å². The quantitative estimate of drug-likeness (QED) is 0.940. The number of hydrogen-bond donors (Lipinski definition) is 1. The highest BCUT2D eigenvalue weighted by Gasteiger charge is 2.26. The van der Waals surface area contributed by atoms with Crippen LogP contribution in [0, 0.1) is 0 Å². The Morgan fingerprint density at radius 1 is 1.52 bits per heavy atom. The van der Waals surface area contributed by atoms with Crippen molar-refractivity contribution in [3.05, 3.63) is 46.4 Å². The number of aromatic nitrogens is 1. The highest BCUT2D eigenvalue weighted by Crippen LogP contribution is 2.26. The molecule has 0 radical (unpaired) electrons. The zero-order chi connectivity index (χ0) is 14.7. The number of carbonyl (C=O) groups is 1. The maximum atomic E-state index is 12.1. The van der Waals surface area contributed by atoms with Crippen LogP contribution in [0.5, 0.6) is 0 Å². The molecular weight excluding hydrogens is 306 g/mol. The van der Waals surface area contributed by atoms with Gasteiger partial charge in [-0.3, -0.25) is 4.79 Å². The molecular formula is C15H16ClN3OS. The molecule has 1 fully saturated rings. The van der Waals surface area contributed by atoms with Gasteiger partial charge < -0.3 is 10.2 Å². The Kier molecular flexibility index (Phi) is 4.41. The zero-order valence-corrected chi connectivity index (χ0v) is 13.0. The third-order valence-electron chi connectivity index (χ3n) is 3.63. The van der Waals surface area contributed by atoms with Gasteiger partial charge in [-0.15, -0.1) is 11.3 Å². The van der Waals surface area contributed by atoms with Gasteiger partial charge in [0.25, 0.3) is 5.91 Å². The molecule has 21 heavy (non-hydrogen) atoms. The summed E-state index contributed by atoms with van der Waals surface area (Å²) in [7, 11) is 0. The van der Waals surface area contributed by atoms with E-state index in [-0.39, 0.29) is 5.91 Å². The summed E-state index contributed by atoms with van der Waals surface area (Å²) in [4.78, 5) is 18.8. The van der Waals surface area contributed by atoms with Crippen LogP contribution in [-0.4, -0.2) is 30.0 Å². The number of amides is 1. The van der Waals surface area contributed by atoms with Gasteiger partial charge >= 0.3 is 0 Å². The predicted octanol–water partition coefficient (Wildman–Crippen LogP) is 3.20. The standard InChI is InChI=1S/C15H16ClN3OS/c16-12-4-1-3-11(9-12)14(20)18-10-13-5-2-7-19(13)15-17-6-8-21-15/h1,3-4,6,8-9,13H,2,5,7,10H2,(H,18,20)/t13-/m0/s1. The molecule has 1 aromatic carbocycles. The molecule has 1 atom stereocenters. The number of benzene rings is 1. The molecule has 1 aliphatic rings. The maximum absolute atomic E-state index is 12.1. The Labute approximate surface area is 132 Å². The van der Waals surface area contributed by atoms with Gasteiger partial charge in [-0.2, -0.15) is 0 Å². The minimum atomic E-state index is -0.0801. The SMILES string of the molecule is O=C(NC[C@@H]1CCCN1c1nccs1)c1cccc(Cl)c1. The molecule has 4 nitrogen and oxygen atoms in total. The molecule has 0 bridgehead atoms. The lowest BCUT2D eigenvalue weighted by Crippen LogP contribution is -2.40. The highest BCUT2D eigenvalue weighted by molar-refractivity contribution is 7.13. The van der Waals surface area contributed by atoms with E-state index in [1.165, 1.54) is 0 Å². The van der Waals surface area contributed by atoms with Crippen LogP contribution in [0.3, 0.4) is 0 Å². The smallest absolute Gasteiger partial charge is 0.251 e. The fourth-order valence-corrected chi connectivity index (χ4v) is 3.53. The summed E-state index contributed by atoms with van der Waals surface area (Å²) < 4.78 is 0. The van der Waals surface area contributed by atoms with Crippen molar-refractivity contribution < 1.29 is 4.79 Å². The highest BCUT2D eigenvalue weighted by atomic mass is 35.5. The fourth-order valence-electron chi connectivity index (χ4n) is 2.60. The van der Waals surface area contributed by atoms with E-state index < -0.39 is 0 Å². The van der Waals surface area contributed by atoms with Crippen molar-refractivity contribution in [3.8, 4) is 0 Å². The topological polar surface area (TPSA) is 45.2 Å². The molecule has 3 rings (SSSR count). The van der Waals surface area contributed by atoms with Crippen molar-refractivity contribution in [1.82, 2.24) is 10.3 Å². The van der Waals surface area contributed by atoms with Crippen LogP contribution in [0.25, 0.3) is 0 Å².